The van der Waals surface area contributed by atoms with Gasteiger partial charge in [0.05, 0.1) is 11.7 Å². The first-order valence-electron chi connectivity index (χ1n) is 5.04. The molecule has 3 aromatic rings. The Labute approximate surface area is 92.3 Å². The van der Waals surface area contributed by atoms with Gasteiger partial charge in [-0.3, -0.25) is 4.40 Å². The summed E-state index contributed by atoms with van der Waals surface area (Å²) in [5.74, 6) is 2.98. The summed E-state index contributed by atoms with van der Waals surface area (Å²) in [6.45, 7) is 1.91. The van der Waals surface area contributed by atoms with Gasteiger partial charge >= 0.3 is 0 Å². The van der Waals surface area contributed by atoms with Crippen LogP contribution >= 0.6 is 0 Å². The predicted octanol–water partition coefficient (Wildman–Crippen LogP) is 2.48. The van der Waals surface area contributed by atoms with Crippen molar-refractivity contribution in [3.05, 3.63) is 42.3 Å². The molecule has 80 valence electrons. The molecule has 0 atom stereocenters. The highest BCUT2D eigenvalue weighted by Gasteiger charge is 2.11. The van der Waals surface area contributed by atoms with Gasteiger partial charge in [0.25, 0.3) is 0 Å². The zero-order valence-electron chi connectivity index (χ0n) is 8.84. The molecule has 4 heteroatoms. The second kappa shape index (κ2) is 3.13. The lowest BCUT2D eigenvalue weighted by Gasteiger charge is -2.02. The molecular formula is C12H11N3O. The Kier molecular flexibility index (Phi) is 1.77. The highest BCUT2D eigenvalue weighted by atomic mass is 16.3. The Morgan fingerprint density at radius 2 is 2.12 bits per heavy atom. The Balaban J connectivity index is 2.32. The Hall–Kier alpha value is -2.23. The van der Waals surface area contributed by atoms with E-state index in [0.29, 0.717) is 5.82 Å². The van der Waals surface area contributed by atoms with Gasteiger partial charge in [-0.15, -0.1) is 0 Å². The third-order valence-corrected chi connectivity index (χ3v) is 2.54. The number of pyridine rings is 1. The van der Waals surface area contributed by atoms with Crippen molar-refractivity contribution in [2.24, 2.45) is 0 Å². The number of nitrogens with zero attached hydrogens (tertiary/aromatic N) is 2. The monoisotopic (exact) mass is 213 g/mol. The van der Waals surface area contributed by atoms with Crippen LogP contribution in [0.5, 0.6) is 0 Å². The van der Waals surface area contributed by atoms with Crippen LogP contribution in [0, 0.1) is 6.92 Å². The molecule has 0 bridgehead atoms. The molecular weight excluding hydrogens is 202 g/mol. The van der Waals surface area contributed by atoms with Gasteiger partial charge in [-0.2, -0.15) is 0 Å². The second-order valence-electron chi connectivity index (χ2n) is 3.70. The van der Waals surface area contributed by atoms with Crippen LogP contribution in [0.25, 0.3) is 17.1 Å². The third kappa shape index (κ3) is 1.20. The lowest BCUT2D eigenvalue weighted by atomic mass is 10.4. The summed E-state index contributed by atoms with van der Waals surface area (Å²) in [6, 6.07) is 9.52. The molecule has 0 spiro atoms. The van der Waals surface area contributed by atoms with Crippen molar-refractivity contribution < 1.29 is 4.42 Å². The van der Waals surface area contributed by atoms with Crippen LogP contribution in [-0.4, -0.2) is 9.38 Å². The fourth-order valence-corrected chi connectivity index (χ4v) is 1.80. The zero-order valence-corrected chi connectivity index (χ0v) is 8.84. The summed E-state index contributed by atoms with van der Waals surface area (Å²) >= 11 is 0. The van der Waals surface area contributed by atoms with Crippen LogP contribution in [0.2, 0.25) is 0 Å². The van der Waals surface area contributed by atoms with Crippen molar-refractivity contribution in [3.8, 4) is 11.6 Å². The van der Waals surface area contributed by atoms with Crippen molar-refractivity contribution in [3.63, 3.8) is 0 Å². The quantitative estimate of drug-likeness (QED) is 0.675. The number of fused-ring (bicyclic) bond motifs is 1. The van der Waals surface area contributed by atoms with Crippen molar-refractivity contribution in [1.82, 2.24) is 9.38 Å². The molecule has 0 aliphatic heterocycles. The lowest BCUT2D eigenvalue weighted by Crippen LogP contribution is -1.97. The smallest absolute Gasteiger partial charge is 0.182 e. The molecule has 3 rings (SSSR count). The normalized spacial score (nSPS) is 11.1. The van der Waals surface area contributed by atoms with Gasteiger partial charge in [0.2, 0.25) is 0 Å². The van der Waals surface area contributed by atoms with Gasteiger partial charge in [-0.25, -0.2) is 4.98 Å². The van der Waals surface area contributed by atoms with Gasteiger partial charge in [-0.1, -0.05) is 6.07 Å². The van der Waals surface area contributed by atoms with Crippen molar-refractivity contribution >= 4 is 11.3 Å². The number of anilines is 1. The number of nitrogens with two attached hydrogens (primary N) is 1. The highest BCUT2D eigenvalue weighted by molar-refractivity contribution is 5.62. The summed E-state index contributed by atoms with van der Waals surface area (Å²) in [6.07, 6.45) is 1.78. The van der Waals surface area contributed by atoms with Crippen LogP contribution in [0.4, 0.5) is 5.82 Å². The summed E-state index contributed by atoms with van der Waals surface area (Å²) in [7, 11) is 0. The molecule has 3 aromatic heterocycles. The fraction of sp³-hybridized carbons (Fsp3) is 0.0833. The lowest BCUT2D eigenvalue weighted by molar-refractivity contribution is 0.544. The molecule has 3 heterocycles. The molecule has 4 nitrogen and oxygen atoms in total. The third-order valence-electron chi connectivity index (χ3n) is 2.54. The average molecular weight is 213 g/mol. The van der Waals surface area contributed by atoms with Crippen LogP contribution in [0.3, 0.4) is 0 Å². The number of imidazole rings is 1. The number of furan rings is 1. The minimum atomic E-state index is 0.652. The van der Waals surface area contributed by atoms with Gasteiger partial charge in [0.1, 0.15) is 11.6 Å². The van der Waals surface area contributed by atoms with E-state index < -0.39 is 0 Å². The standard InChI is InChI=1S/C12H11N3O/c1-8-5-6-10(16-8)12-14-7-9-3-2-4-11(13)15(9)12/h2-7H,13H2,1H3. The number of aryl methyl sites for hydroxylation is 1. The molecule has 0 saturated heterocycles. The van der Waals surface area contributed by atoms with Crippen LogP contribution in [-0.2, 0) is 0 Å². The first-order chi connectivity index (χ1) is 7.75. The number of hydrogen-bond donors (Lipinski definition) is 1. The van der Waals surface area contributed by atoms with E-state index in [1.807, 2.05) is 41.7 Å². The molecule has 0 aliphatic carbocycles. The highest BCUT2D eigenvalue weighted by Crippen LogP contribution is 2.24. The first kappa shape index (κ1) is 9.03. The number of aromatic nitrogens is 2. The molecule has 0 saturated carbocycles. The van der Waals surface area contributed by atoms with Crippen LogP contribution in [0.15, 0.2) is 40.9 Å². The minimum Gasteiger partial charge on any atom is -0.458 e. The topological polar surface area (TPSA) is 56.5 Å². The van der Waals surface area contributed by atoms with E-state index in [9.17, 15) is 0 Å². The summed E-state index contributed by atoms with van der Waals surface area (Å²) < 4.78 is 7.43. The maximum absolute atomic E-state index is 5.93. The van der Waals surface area contributed by atoms with E-state index in [1.165, 1.54) is 0 Å². The van der Waals surface area contributed by atoms with Crippen LogP contribution < -0.4 is 5.73 Å². The van der Waals surface area contributed by atoms with E-state index in [0.717, 1.165) is 22.9 Å². The molecule has 0 fully saturated rings. The Morgan fingerprint density at radius 3 is 2.88 bits per heavy atom. The molecule has 0 aromatic carbocycles. The largest absolute Gasteiger partial charge is 0.458 e. The Morgan fingerprint density at radius 1 is 1.25 bits per heavy atom. The predicted molar refractivity (Wildman–Crippen MR) is 62.0 cm³/mol. The number of rotatable bonds is 1. The average Bonchev–Trinajstić information content (AvgIpc) is 2.84. The maximum atomic E-state index is 5.93. The first-order valence-corrected chi connectivity index (χ1v) is 5.04. The maximum Gasteiger partial charge on any atom is 0.182 e. The number of hydrogen-bond acceptors (Lipinski definition) is 3. The summed E-state index contributed by atoms with van der Waals surface area (Å²) in [5, 5.41) is 0. The Bertz CT molecular complexity index is 651. The number of nitrogen functional groups attached to an aromatic ring is 1. The second-order valence-corrected chi connectivity index (χ2v) is 3.70. The van der Waals surface area contributed by atoms with E-state index in [4.69, 9.17) is 10.2 Å². The van der Waals surface area contributed by atoms with E-state index >= 15 is 0 Å². The van der Waals surface area contributed by atoms with Gasteiger partial charge < -0.3 is 10.2 Å². The van der Waals surface area contributed by atoms with Crippen molar-refractivity contribution in [2.45, 2.75) is 6.92 Å². The van der Waals surface area contributed by atoms with Gasteiger partial charge in [0, 0.05) is 0 Å². The van der Waals surface area contributed by atoms with E-state index in [1.54, 1.807) is 6.20 Å². The van der Waals surface area contributed by atoms with Gasteiger partial charge in [0.15, 0.2) is 11.6 Å². The molecule has 0 aliphatic rings. The summed E-state index contributed by atoms with van der Waals surface area (Å²) in [4.78, 5) is 4.33. The van der Waals surface area contributed by atoms with Crippen molar-refractivity contribution in [1.29, 1.82) is 0 Å². The molecule has 0 unspecified atom stereocenters. The summed E-state index contributed by atoms with van der Waals surface area (Å²) in [5.41, 5.74) is 6.89. The zero-order chi connectivity index (χ0) is 11.1. The molecule has 0 radical (unpaired) electrons. The van der Waals surface area contributed by atoms with E-state index in [-0.39, 0.29) is 0 Å². The fourth-order valence-electron chi connectivity index (χ4n) is 1.80. The minimum absolute atomic E-state index is 0.652. The SMILES string of the molecule is Cc1ccc(-c2ncc3cccc(N)n23)o1. The molecule has 2 N–H and O–H groups in total. The van der Waals surface area contributed by atoms with Crippen molar-refractivity contribution in [2.75, 3.05) is 5.73 Å². The van der Waals surface area contributed by atoms with Gasteiger partial charge in [-0.05, 0) is 31.2 Å². The molecule has 16 heavy (non-hydrogen) atoms. The van der Waals surface area contributed by atoms with E-state index in [2.05, 4.69) is 4.98 Å². The molecule has 0 amide bonds. The van der Waals surface area contributed by atoms with Crippen LogP contribution in [0.1, 0.15) is 5.76 Å².